The average molecular weight is 681 g/mol. The van der Waals surface area contributed by atoms with Crippen molar-refractivity contribution in [2.45, 2.75) is 51.9 Å². The lowest BCUT2D eigenvalue weighted by molar-refractivity contribution is 0.380. The zero-order chi connectivity index (χ0) is 34.9. The van der Waals surface area contributed by atoms with Crippen LogP contribution in [-0.4, -0.2) is 16.5 Å². The number of halogens is 15. The highest BCUT2D eigenvalue weighted by atomic mass is 31.1. The van der Waals surface area contributed by atoms with Gasteiger partial charge < -0.3 is 0 Å². The molecule has 0 nitrogen and oxygen atoms in total. The highest BCUT2D eigenvalue weighted by molar-refractivity contribution is 7.66. The maximum atomic E-state index is 15.6. The minimum absolute atomic E-state index is 1.09. The molecule has 0 aliphatic heterocycles. The first-order valence-electron chi connectivity index (χ1n) is 12.4. The first kappa shape index (κ1) is 36.1. The minimum atomic E-state index is -5.90. The molecular weight excluding hydrogens is 663 g/mol. The van der Waals surface area contributed by atoms with Crippen molar-refractivity contribution in [1.29, 1.82) is 0 Å². The Morgan fingerprint density at radius 2 is 0.533 bits per heavy atom. The van der Waals surface area contributed by atoms with Crippen molar-refractivity contribution in [2.75, 3.05) is 0 Å². The third-order valence-electron chi connectivity index (χ3n) is 6.76. The molecule has 0 atom stereocenters. The fourth-order valence-electron chi connectivity index (χ4n) is 5.16. The Hall–Kier alpha value is -3.34. The van der Waals surface area contributed by atoms with E-state index in [0.29, 0.717) is 0 Å². The van der Waals surface area contributed by atoms with Crippen LogP contribution < -0.4 is 16.4 Å². The molecule has 244 valence electrons. The van der Waals surface area contributed by atoms with E-state index in [9.17, 15) is 39.5 Å². The first-order valence-corrected chi connectivity index (χ1v) is 13.8. The van der Waals surface area contributed by atoms with Crippen LogP contribution in [0.1, 0.15) is 41.5 Å². The Balaban J connectivity index is 3.00. The van der Waals surface area contributed by atoms with Crippen molar-refractivity contribution in [1.82, 2.24) is 0 Å². The van der Waals surface area contributed by atoms with Gasteiger partial charge in [-0.3, -0.25) is 5.82 Å². The van der Waals surface area contributed by atoms with Crippen molar-refractivity contribution in [3.63, 3.8) is 0 Å². The smallest absolute Gasteiger partial charge is 0.200 e. The minimum Gasteiger partial charge on any atom is -0.292 e. The van der Waals surface area contributed by atoms with E-state index in [0.717, 1.165) is 0 Å². The molecule has 17 heteroatoms. The number of hydrogen-bond donors (Lipinski definition) is 0. The average Bonchev–Trinajstić information content (AvgIpc) is 2.93. The fraction of sp³-hybridized carbons (Fsp3) is 0.286. The second kappa shape index (κ2) is 11.8. The lowest BCUT2D eigenvalue weighted by atomic mass is 9.15. The largest absolute Gasteiger partial charge is 0.292 e. The molecule has 3 rings (SSSR count). The maximum absolute atomic E-state index is 15.6. The molecule has 0 saturated carbocycles. The summed E-state index contributed by atoms with van der Waals surface area (Å²) in [5.74, 6) is -44.2. The molecule has 0 fully saturated rings. The van der Waals surface area contributed by atoms with Crippen LogP contribution in [0.25, 0.3) is 0 Å². The Morgan fingerprint density at radius 3 is 0.711 bits per heavy atom. The van der Waals surface area contributed by atoms with Crippen molar-refractivity contribution < 1.29 is 65.9 Å². The summed E-state index contributed by atoms with van der Waals surface area (Å²) in [6.07, 6.45) is -5.90. The second-order valence-electron chi connectivity index (χ2n) is 11.7. The van der Waals surface area contributed by atoms with Gasteiger partial charge in [0.2, 0.25) is 0 Å². The van der Waals surface area contributed by atoms with Gasteiger partial charge in [-0.25, -0.2) is 65.9 Å². The quantitative estimate of drug-likeness (QED) is 0.0661. The summed E-state index contributed by atoms with van der Waals surface area (Å²) in [7, 11) is -2.17. The van der Waals surface area contributed by atoms with E-state index in [4.69, 9.17) is 0 Å². The lowest BCUT2D eigenvalue weighted by Crippen LogP contribution is -2.72. The predicted octanol–water partition coefficient (Wildman–Crippen LogP) is 7.82. The van der Waals surface area contributed by atoms with Gasteiger partial charge in [-0.1, -0.05) is 41.5 Å². The maximum Gasteiger partial charge on any atom is 0.200 e. The molecule has 0 unspecified atom stereocenters. The van der Waals surface area contributed by atoms with Gasteiger partial charge in [0.05, 0.1) is 0 Å². The molecule has 45 heavy (non-hydrogen) atoms. The summed E-state index contributed by atoms with van der Waals surface area (Å²) >= 11 is 0. The number of hydrogen-bond acceptors (Lipinski definition) is 0. The normalized spacial score (nSPS) is 12.6. The van der Waals surface area contributed by atoms with Gasteiger partial charge in [0.25, 0.3) is 0 Å². The molecule has 0 aromatic heterocycles. The van der Waals surface area contributed by atoms with Crippen LogP contribution in [0.15, 0.2) is 0 Å². The summed E-state index contributed by atoms with van der Waals surface area (Å²) in [6.45, 7) is 8.68. The molecule has 0 saturated heterocycles. The molecule has 0 amide bonds. The van der Waals surface area contributed by atoms with Crippen molar-refractivity contribution in [2.24, 2.45) is 0 Å². The fourth-order valence-corrected chi connectivity index (χ4v) is 8.16. The van der Waals surface area contributed by atoms with Gasteiger partial charge in [-0.15, -0.1) is 22.0 Å². The van der Waals surface area contributed by atoms with Crippen molar-refractivity contribution >= 4 is 30.5 Å². The Labute approximate surface area is 247 Å². The van der Waals surface area contributed by atoms with Crippen LogP contribution in [0.4, 0.5) is 65.9 Å². The van der Waals surface area contributed by atoms with E-state index in [2.05, 4.69) is 5.66 Å². The van der Waals surface area contributed by atoms with E-state index >= 15 is 26.3 Å². The Bertz CT molecular complexity index is 1530. The van der Waals surface area contributed by atoms with Gasteiger partial charge in [0.15, 0.2) is 58.5 Å². The zero-order valence-corrected chi connectivity index (χ0v) is 24.6. The first-order chi connectivity index (χ1) is 20.4. The molecule has 0 radical (unpaired) electrons. The molecule has 3 aromatic rings. The summed E-state index contributed by atoms with van der Waals surface area (Å²) in [4.78, 5) is 0. The summed E-state index contributed by atoms with van der Waals surface area (Å²) in [6, 6.07) is 0. The molecule has 0 N–H and O–H groups in total. The summed E-state index contributed by atoms with van der Waals surface area (Å²) in [5, 5.41) is -2.18. The van der Waals surface area contributed by atoms with Gasteiger partial charge in [0.1, 0.15) is 34.9 Å². The number of benzene rings is 3. The lowest BCUT2D eigenvalue weighted by Gasteiger charge is -2.42. The molecule has 0 aliphatic carbocycles. The van der Waals surface area contributed by atoms with Gasteiger partial charge in [-0.2, -0.15) is 0 Å². The summed E-state index contributed by atoms with van der Waals surface area (Å²) in [5.41, 5.74) is -6.01. The standard InChI is InChI=1S/C28H18BF15P/c1-27(2,3)45(28(4,5)6)8-7-29(9-12(30)18(36)24(42)19(37)13(9)31,10-14(32)20(38)25(43)21(39)15(10)33)11-16(34)22(40)26(44)23(41)17(11)35/h1-6H3/q-1. The van der Waals surface area contributed by atoms with Gasteiger partial charge in [-0.05, 0) is 18.2 Å². The van der Waals surface area contributed by atoms with Crippen LogP contribution in [0.5, 0.6) is 0 Å². The summed E-state index contributed by atoms with van der Waals surface area (Å²) < 4.78 is 223. The van der Waals surface area contributed by atoms with Crippen LogP contribution in [0, 0.1) is 98.7 Å². The van der Waals surface area contributed by atoms with Crippen molar-refractivity contribution in [3.8, 4) is 11.5 Å². The van der Waals surface area contributed by atoms with Crippen LogP contribution in [0.2, 0.25) is 0 Å². The van der Waals surface area contributed by atoms with Gasteiger partial charge >= 0.3 is 0 Å². The monoisotopic (exact) mass is 681 g/mol. The SMILES string of the molecule is CC(C)(C)P(C#C[B-](c1c(F)c(F)c(F)c(F)c1F)(c1c(F)c(F)c(F)c(F)c1F)c1c(F)c(F)c(F)c(F)c1F)C(C)(C)C. The van der Waals surface area contributed by atoms with Crippen molar-refractivity contribution in [3.05, 3.63) is 87.3 Å². The molecular formula is C28H18BF15P-. The molecule has 0 spiro atoms. The van der Waals surface area contributed by atoms with Crippen LogP contribution in [0.3, 0.4) is 0 Å². The molecule has 3 aromatic carbocycles. The third-order valence-corrected chi connectivity index (χ3v) is 9.80. The predicted molar refractivity (Wildman–Crippen MR) is 138 cm³/mol. The zero-order valence-electron chi connectivity index (χ0n) is 23.7. The van der Waals surface area contributed by atoms with E-state index in [1.54, 1.807) is 5.82 Å². The Kier molecular flexibility index (Phi) is 9.47. The molecule has 0 aliphatic rings. The van der Waals surface area contributed by atoms with E-state index in [1.807, 2.05) is 0 Å². The van der Waals surface area contributed by atoms with Crippen LogP contribution >= 0.6 is 7.92 Å². The Morgan fingerprint density at radius 1 is 0.356 bits per heavy atom. The molecule has 0 bridgehead atoms. The highest BCUT2D eigenvalue weighted by Crippen LogP contribution is 2.58. The number of rotatable bonds is 3. The topological polar surface area (TPSA) is 0 Å². The van der Waals surface area contributed by atoms with Crippen LogP contribution in [-0.2, 0) is 0 Å². The third kappa shape index (κ3) is 5.55. The van der Waals surface area contributed by atoms with E-state index < -0.39 is 128 Å². The second-order valence-corrected chi connectivity index (χ2v) is 15.3. The van der Waals surface area contributed by atoms with E-state index in [1.165, 1.54) is 41.5 Å². The van der Waals surface area contributed by atoms with E-state index in [-0.39, 0.29) is 0 Å². The van der Waals surface area contributed by atoms with Gasteiger partial charge in [0, 0.05) is 0 Å². The molecule has 0 heterocycles. The highest BCUT2D eigenvalue weighted by Gasteiger charge is 2.48.